The van der Waals surface area contributed by atoms with Gasteiger partial charge in [0.05, 0.1) is 6.10 Å². The summed E-state index contributed by atoms with van der Waals surface area (Å²) >= 11 is 0. The highest BCUT2D eigenvalue weighted by molar-refractivity contribution is 5.30. The number of nitrogens with zero attached hydrogens (tertiary/aromatic N) is 1. The Kier molecular flexibility index (Phi) is 4.17. The summed E-state index contributed by atoms with van der Waals surface area (Å²) in [5.74, 6) is 0.979. The van der Waals surface area contributed by atoms with E-state index in [1.165, 1.54) is 32.1 Å². The van der Waals surface area contributed by atoms with Gasteiger partial charge < -0.3 is 10.5 Å². The summed E-state index contributed by atoms with van der Waals surface area (Å²) in [4.78, 5) is 4.12. The molecule has 0 aliphatic heterocycles. The zero-order valence-electron chi connectivity index (χ0n) is 9.69. The van der Waals surface area contributed by atoms with Crippen molar-refractivity contribution >= 4 is 0 Å². The zero-order chi connectivity index (χ0) is 11.2. The van der Waals surface area contributed by atoms with Crippen LogP contribution in [0.15, 0.2) is 18.5 Å². The summed E-state index contributed by atoms with van der Waals surface area (Å²) in [7, 11) is 0. The van der Waals surface area contributed by atoms with Gasteiger partial charge in [-0.25, -0.2) is 0 Å². The third-order valence-electron chi connectivity index (χ3n) is 3.12. The predicted molar refractivity (Wildman–Crippen MR) is 64.5 cm³/mol. The second-order valence-electron chi connectivity index (χ2n) is 4.40. The van der Waals surface area contributed by atoms with E-state index in [1.54, 1.807) is 6.20 Å². The van der Waals surface area contributed by atoms with Crippen molar-refractivity contribution < 1.29 is 4.74 Å². The van der Waals surface area contributed by atoms with Gasteiger partial charge in [0.15, 0.2) is 0 Å². The van der Waals surface area contributed by atoms with Crippen molar-refractivity contribution in [1.29, 1.82) is 0 Å². The molecule has 2 rings (SSSR count). The molecule has 3 nitrogen and oxygen atoms in total. The molecular formula is C13H20N2O. The van der Waals surface area contributed by atoms with Crippen LogP contribution < -0.4 is 10.5 Å². The van der Waals surface area contributed by atoms with Crippen LogP contribution in [0.2, 0.25) is 0 Å². The van der Waals surface area contributed by atoms with Gasteiger partial charge in [0.1, 0.15) is 5.75 Å². The minimum absolute atomic E-state index is 0.396. The van der Waals surface area contributed by atoms with E-state index in [-0.39, 0.29) is 0 Å². The van der Waals surface area contributed by atoms with Crippen molar-refractivity contribution in [3.05, 3.63) is 24.0 Å². The van der Waals surface area contributed by atoms with Crippen LogP contribution in [0.3, 0.4) is 0 Å². The van der Waals surface area contributed by atoms with Crippen LogP contribution in [0.4, 0.5) is 0 Å². The van der Waals surface area contributed by atoms with Crippen molar-refractivity contribution in [2.24, 2.45) is 5.73 Å². The molecule has 2 N–H and O–H groups in total. The maximum absolute atomic E-state index is 6.04. The number of rotatable bonds is 4. The fourth-order valence-corrected chi connectivity index (χ4v) is 2.24. The fourth-order valence-electron chi connectivity index (χ4n) is 2.24. The van der Waals surface area contributed by atoms with Gasteiger partial charge in [-0.1, -0.05) is 6.42 Å². The third kappa shape index (κ3) is 2.95. The third-order valence-corrected chi connectivity index (χ3v) is 3.12. The topological polar surface area (TPSA) is 48.1 Å². The van der Waals surface area contributed by atoms with Gasteiger partial charge >= 0.3 is 0 Å². The van der Waals surface area contributed by atoms with E-state index in [1.807, 2.05) is 12.3 Å². The Bertz CT molecular complexity index is 321. The number of nitrogens with two attached hydrogens (primary N) is 1. The van der Waals surface area contributed by atoms with Gasteiger partial charge in [-0.05, 0) is 44.7 Å². The van der Waals surface area contributed by atoms with Crippen molar-refractivity contribution in [1.82, 2.24) is 4.98 Å². The molecule has 1 aliphatic carbocycles. The molecule has 1 fully saturated rings. The minimum atomic E-state index is 0.396. The van der Waals surface area contributed by atoms with Crippen molar-refractivity contribution in [3.8, 4) is 5.75 Å². The number of hydrogen-bond acceptors (Lipinski definition) is 3. The maximum Gasteiger partial charge on any atom is 0.126 e. The van der Waals surface area contributed by atoms with Gasteiger partial charge in [-0.2, -0.15) is 0 Å². The summed E-state index contributed by atoms with van der Waals surface area (Å²) in [5.41, 5.74) is 6.71. The standard InChI is InChI=1S/C13H20N2O/c14-8-6-11-10-15-9-7-13(11)16-12-4-2-1-3-5-12/h7,9-10,12H,1-6,8,14H2. The first-order chi connectivity index (χ1) is 7.90. The second-order valence-corrected chi connectivity index (χ2v) is 4.40. The molecule has 1 heterocycles. The SMILES string of the molecule is NCCc1cnccc1OC1CCCCC1. The largest absolute Gasteiger partial charge is 0.490 e. The van der Waals surface area contributed by atoms with Crippen LogP contribution in [-0.4, -0.2) is 17.6 Å². The van der Waals surface area contributed by atoms with Crippen LogP contribution in [0.5, 0.6) is 5.75 Å². The lowest BCUT2D eigenvalue weighted by Gasteiger charge is -2.24. The van der Waals surface area contributed by atoms with Crippen LogP contribution in [0.1, 0.15) is 37.7 Å². The van der Waals surface area contributed by atoms with Crippen molar-refractivity contribution in [2.45, 2.75) is 44.6 Å². The summed E-state index contributed by atoms with van der Waals surface area (Å²) < 4.78 is 6.04. The molecule has 3 heteroatoms. The molecule has 0 aromatic carbocycles. The Morgan fingerprint density at radius 2 is 2.12 bits per heavy atom. The average Bonchev–Trinajstić information content (AvgIpc) is 2.33. The highest BCUT2D eigenvalue weighted by atomic mass is 16.5. The Hall–Kier alpha value is -1.09. The lowest BCUT2D eigenvalue weighted by Crippen LogP contribution is -2.20. The van der Waals surface area contributed by atoms with Gasteiger partial charge in [0.2, 0.25) is 0 Å². The molecule has 1 aromatic rings. The molecule has 0 spiro atoms. The monoisotopic (exact) mass is 220 g/mol. The zero-order valence-corrected chi connectivity index (χ0v) is 9.69. The molecule has 16 heavy (non-hydrogen) atoms. The summed E-state index contributed by atoms with van der Waals surface area (Å²) in [6.45, 7) is 0.646. The second kappa shape index (κ2) is 5.85. The fraction of sp³-hybridized carbons (Fsp3) is 0.615. The maximum atomic E-state index is 6.04. The van der Waals surface area contributed by atoms with E-state index in [2.05, 4.69) is 4.98 Å². The van der Waals surface area contributed by atoms with Gasteiger partial charge in [0, 0.05) is 18.0 Å². The van der Waals surface area contributed by atoms with Crippen molar-refractivity contribution in [3.63, 3.8) is 0 Å². The lowest BCUT2D eigenvalue weighted by atomic mass is 9.98. The molecule has 1 aliphatic rings. The molecule has 88 valence electrons. The van der Waals surface area contributed by atoms with Crippen LogP contribution >= 0.6 is 0 Å². The lowest BCUT2D eigenvalue weighted by molar-refractivity contribution is 0.153. The van der Waals surface area contributed by atoms with Gasteiger partial charge in [-0.15, -0.1) is 0 Å². The molecule has 1 aromatic heterocycles. The Morgan fingerprint density at radius 1 is 1.31 bits per heavy atom. The molecule has 1 saturated carbocycles. The summed E-state index contributed by atoms with van der Waals surface area (Å²) in [6, 6.07) is 1.96. The predicted octanol–water partition coefficient (Wildman–Crippen LogP) is 2.29. The number of pyridine rings is 1. The molecule has 0 bridgehead atoms. The molecule has 0 radical (unpaired) electrons. The molecule has 0 saturated heterocycles. The Labute approximate surface area is 97.0 Å². The first-order valence-corrected chi connectivity index (χ1v) is 6.20. The first kappa shape index (κ1) is 11.4. The van der Waals surface area contributed by atoms with Crippen molar-refractivity contribution in [2.75, 3.05) is 6.54 Å². The first-order valence-electron chi connectivity index (χ1n) is 6.20. The normalized spacial score (nSPS) is 17.3. The molecule has 0 amide bonds. The smallest absolute Gasteiger partial charge is 0.126 e. The minimum Gasteiger partial charge on any atom is -0.490 e. The van der Waals surface area contributed by atoms with Crippen LogP contribution in [0, 0.1) is 0 Å². The molecule has 0 unspecified atom stereocenters. The van der Waals surface area contributed by atoms with Crippen LogP contribution in [0.25, 0.3) is 0 Å². The quantitative estimate of drug-likeness (QED) is 0.847. The highest BCUT2D eigenvalue weighted by Gasteiger charge is 2.16. The summed E-state index contributed by atoms with van der Waals surface area (Å²) in [6.07, 6.45) is 11.2. The average molecular weight is 220 g/mol. The molecular weight excluding hydrogens is 200 g/mol. The van der Waals surface area contributed by atoms with E-state index in [0.29, 0.717) is 12.6 Å². The summed E-state index contributed by atoms with van der Waals surface area (Å²) in [5, 5.41) is 0. The van der Waals surface area contributed by atoms with Gasteiger partial charge in [0.25, 0.3) is 0 Å². The van der Waals surface area contributed by atoms with E-state index in [4.69, 9.17) is 10.5 Å². The Morgan fingerprint density at radius 3 is 2.88 bits per heavy atom. The van der Waals surface area contributed by atoms with Gasteiger partial charge in [-0.3, -0.25) is 4.98 Å². The number of hydrogen-bond donors (Lipinski definition) is 1. The Balaban J connectivity index is 2.01. The highest BCUT2D eigenvalue weighted by Crippen LogP contribution is 2.25. The van der Waals surface area contributed by atoms with E-state index < -0.39 is 0 Å². The number of ether oxygens (including phenoxy) is 1. The van der Waals surface area contributed by atoms with Crippen LogP contribution in [-0.2, 0) is 6.42 Å². The van der Waals surface area contributed by atoms with E-state index in [0.717, 1.165) is 17.7 Å². The molecule has 0 atom stereocenters. The number of aromatic nitrogens is 1. The van der Waals surface area contributed by atoms with E-state index in [9.17, 15) is 0 Å². The van der Waals surface area contributed by atoms with E-state index >= 15 is 0 Å².